The number of hydrogen-bond donors (Lipinski definition) is 2. The van der Waals surface area contributed by atoms with Gasteiger partial charge in [-0.25, -0.2) is 19.7 Å². The van der Waals surface area contributed by atoms with Crippen LogP contribution in [-0.4, -0.2) is 36.6 Å². The topological polar surface area (TPSA) is 92.9 Å². The summed E-state index contributed by atoms with van der Waals surface area (Å²) in [4.78, 5) is 24.1. The van der Waals surface area contributed by atoms with Crippen LogP contribution in [0.15, 0.2) is 12.7 Å². The Morgan fingerprint density at radius 2 is 2.29 bits per heavy atom. The second-order valence-electron chi connectivity index (χ2n) is 5.45. The first-order chi connectivity index (χ1) is 10.2. The fraction of sp³-hybridized carbons (Fsp3) is 0.571. The second-order valence-corrected chi connectivity index (χ2v) is 5.45. The average molecular weight is 289 g/mol. The SMILES string of the molecule is CCCCC(Nc1ncnc2c1ncn2C1CC1)C(=O)O. The molecule has 21 heavy (non-hydrogen) atoms. The number of nitrogens with one attached hydrogen (secondary N) is 1. The van der Waals surface area contributed by atoms with E-state index in [0.29, 0.717) is 23.8 Å². The molecule has 2 N–H and O–H groups in total. The minimum atomic E-state index is -0.864. The van der Waals surface area contributed by atoms with Crippen LogP contribution in [0, 0.1) is 0 Å². The lowest BCUT2D eigenvalue weighted by Gasteiger charge is -2.14. The molecule has 0 amide bonds. The van der Waals surface area contributed by atoms with Crippen LogP contribution in [0.3, 0.4) is 0 Å². The van der Waals surface area contributed by atoms with Crippen LogP contribution < -0.4 is 5.32 Å². The highest BCUT2D eigenvalue weighted by Gasteiger charge is 2.27. The van der Waals surface area contributed by atoms with Gasteiger partial charge in [0.1, 0.15) is 17.9 Å². The van der Waals surface area contributed by atoms with Gasteiger partial charge in [0.05, 0.1) is 6.33 Å². The first-order valence-electron chi connectivity index (χ1n) is 7.37. The van der Waals surface area contributed by atoms with Crippen molar-refractivity contribution in [2.24, 2.45) is 0 Å². The molecule has 1 unspecified atom stereocenters. The van der Waals surface area contributed by atoms with Crippen molar-refractivity contribution < 1.29 is 9.90 Å². The van der Waals surface area contributed by atoms with Crippen molar-refractivity contribution in [3.8, 4) is 0 Å². The van der Waals surface area contributed by atoms with Crippen molar-refractivity contribution >= 4 is 23.0 Å². The predicted octanol–water partition coefficient (Wildman–Crippen LogP) is 2.22. The number of unbranched alkanes of at least 4 members (excludes halogenated alkanes) is 1. The van der Waals surface area contributed by atoms with Gasteiger partial charge in [0, 0.05) is 6.04 Å². The van der Waals surface area contributed by atoms with Crippen LogP contribution in [0.5, 0.6) is 0 Å². The van der Waals surface area contributed by atoms with Gasteiger partial charge in [0.25, 0.3) is 0 Å². The molecular formula is C14H19N5O2. The highest BCUT2D eigenvalue weighted by molar-refractivity contribution is 5.86. The monoisotopic (exact) mass is 289 g/mol. The van der Waals surface area contributed by atoms with Crippen LogP contribution in [0.25, 0.3) is 11.2 Å². The number of imidazole rings is 1. The molecule has 1 aliphatic rings. The molecule has 112 valence electrons. The largest absolute Gasteiger partial charge is 0.480 e. The van der Waals surface area contributed by atoms with E-state index in [0.717, 1.165) is 31.3 Å². The van der Waals surface area contributed by atoms with Crippen molar-refractivity contribution in [2.45, 2.75) is 51.1 Å². The zero-order valence-corrected chi connectivity index (χ0v) is 12.0. The van der Waals surface area contributed by atoms with Crippen LogP contribution in [0.2, 0.25) is 0 Å². The molecule has 7 heteroatoms. The Morgan fingerprint density at radius 1 is 1.48 bits per heavy atom. The van der Waals surface area contributed by atoms with Gasteiger partial charge < -0.3 is 15.0 Å². The van der Waals surface area contributed by atoms with Crippen molar-refractivity contribution in [1.29, 1.82) is 0 Å². The van der Waals surface area contributed by atoms with Gasteiger partial charge in [-0.3, -0.25) is 0 Å². The molecule has 2 heterocycles. The first-order valence-corrected chi connectivity index (χ1v) is 7.37. The second kappa shape index (κ2) is 5.67. The molecule has 0 aromatic carbocycles. The summed E-state index contributed by atoms with van der Waals surface area (Å²) in [7, 11) is 0. The zero-order chi connectivity index (χ0) is 14.8. The van der Waals surface area contributed by atoms with Gasteiger partial charge in [-0.2, -0.15) is 0 Å². The third kappa shape index (κ3) is 2.81. The van der Waals surface area contributed by atoms with E-state index in [-0.39, 0.29) is 0 Å². The van der Waals surface area contributed by atoms with Gasteiger partial charge in [-0.15, -0.1) is 0 Å². The van der Waals surface area contributed by atoms with Crippen molar-refractivity contribution in [3.63, 3.8) is 0 Å². The van der Waals surface area contributed by atoms with E-state index in [9.17, 15) is 9.90 Å². The molecule has 0 spiro atoms. The maximum atomic E-state index is 11.3. The third-order valence-electron chi connectivity index (χ3n) is 3.75. The molecule has 1 saturated carbocycles. The van der Waals surface area contributed by atoms with Crippen molar-refractivity contribution in [1.82, 2.24) is 19.5 Å². The zero-order valence-electron chi connectivity index (χ0n) is 12.0. The molecule has 7 nitrogen and oxygen atoms in total. The minimum absolute atomic E-state index is 0.480. The Hall–Kier alpha value is -2.18. The molecule has 0 bridgehead atoms. The van der Waals surface area contributed by atoms with E-state index >= 15 is 0 Å². The number of aliphatic carboxylic acids is 1. The maximum absolute atomic E-state index is 11.3. The van der Waals surface area contributed by atoms with Gasteiger partial charge in [0.15, 0.2) is 11.5 Å². The number of carbonyl (C=O) groups is 1. The lowest BCUT2D eigenvalue weighted by Crippen LogP contribution is -2.29. The summed E-state index contributed by atoms with van der Waals surface area (Å²) in [6.45, 7) is 2.04. The van der Waals surface area contributed by atoms with Gasteiger partial charge in [-0.05, 0) is 19.3 Å². The van der Waals surface area contributed by atoms with E-state index in [1.54, 1.807) is 6.33 Å². The summed E-state index contributed by atoms with van der Waals surface area (Å²) in [6.07, 6.45) is 7.91. The number of carboxylic acid groups (broad SMARTS) is 1. The van der Waals surface area contributed by atoms with Gasteiger partial charge in [0.2, 0.25) is 0 Å². The van der Waals surface area contributed by atoms with Crippen LogP contribution in [0.4, 0.5) is 5.82 Å². The fourth-order valence-corrected chi connectivity index (χ4v) is 2.41. The predicted molar refractivity (Wildman–Crippen MR) is 78.2 cm³/mol. The van der Waals surface area contributed by atoms with Crippen molar-refractivity contribution in [2.75, 3.05) is 5.32 Å². The molecule has 1 aliphatic carbocycles. The molecule has 1 fully saturated rings. The van der Waals surface area contributed by atoms with E-state index in [1.165, 1.54) is 6.33 Å². The molecular weight excluding hydrogens is 270 g/mol. The number of hydrogen-bond acceptors (Lipinski definition) is 5. The molecule has 1 atom stereocenters. The lowest BCUT2D eigenvalue weighted by molar-refractivity contribution is -0.138. The summed E-state index contributed by atoms with van der Waals surface area (Å²) in [5.74, 6) is -0.361. The molecule has 0 radical (unpaired) electrons. The van der Waals surface area contributed by atoms with Gasteiger partial charge in [-0.1, -0.05) is 19.8 Å². The molecule has 2 aromatic heterocycles. The summed E-state index contributed by atoms with van der Waals surface area (Å²) in [5.41, 5.74) is 1.42. The van der Waals surface area contributed by atoms with E-state index in [2.05, 4.69) is 20.3 Å². The highest BCUT2D eigenvalue weighted by Crippen LogP contribution is 2.37. The van der Waals surface area contributed by atoms with E-state index in [1.807, 2.05) is 11.5 Å². The Balaban J connectivity index is 1.87. The molecule has 0 aliphatic heterocycles. The Labute approximate surface area is 122 Å². The van der Waals surface area contributed by atoms with E-state index in [4.69, 9.17) is 0 Å². The van der Waals surface area contributed by atoms with Crippen LogP contribution in [-0.2, 0) is 4.79 Å². The standard InChI is InChI=1S/C14H19N5O2/c1-2-3-4-10(14(20)21)18-12-11-13(16-7-15-12)19(8-17-11)9-5-6-9/h7-10H,2-6H2,1H3,(H,20,21)(H,15,16,18). The molecule has 3 rings (SSSR count). The number of carboxylic acids is 1. The summed E-state index contributed by atoms with van der Waals surface area (Å²) < 4.78 is 2.05. The van der Waals surface area contributed by atoms with E-state index < -0.39 is 12.0 Å². The molecule has 0 saturated heterocycles. The summed E-state index contributed by atoms with van der Waals surface area (Å²) >= 11 is 0. The number of rotatable bonds is 7. The number of fused-ring (bicyclic) bond motifs is 1. The van der Waals surface area contributed by atoms with Gasteiger partial charge >= 0.3 is 5.97 Å². The first kappa shape index (κ1) is 13.8. The summed E-state index contributed by atoms with van der Waals surface area (Å²) in [5, 5.41) is 12.3. The molecule has 2 aromatic rings. The number of aromatic nitrogens is 4. The fourth-order valence-electron chi connectivity index (χ4n) is 2.41. The van der Waals surface area contributed by atoms with Crippen LogP contribution in [0.1, 0.15) is 45.1 Å². The maximum Gasteiger partial charge on any atom is 0.326 e. The normalized spacial score (nSPS) is 16.0. The summed E-state index contributed by atoms with van der Waals surface area (Å²) in [6, 6.07) is -0.165. The van der Waals surface area contributed by atoms with Crippen LogP contribution >= 0.6 is 0 Å². The highest BCUT2D eigenvalue weighted by atomic mass is 16.4. The quantitative estimate of drug-likeness (QED) is 0.811. The smallest absolute Gasteiger partial charge is 0.326 e. The average Bonchev–Trinajstić information content (AvgIpc) is 3.22. The number of nitrogens with zero attached hydrogens (tertiary/aromatic N) is 4. The third-order valence-corrected chi connectivity index (χ3v) is 3.75. The van der Waals surface area contributed by atoms with Crippen molar-refractivity contribution in [3.05, 3.63) is 12.7 Å². The lowest BCUT2D eigenvalue weighted by atomic mass is 10.1. The Kier molecular flexibility index (Phi) is 3.72. The Bertz CT molecular complexity index is 650. The number of anilines is 1. The Morgan fingerprint density at radius 3 is 2.95 bits per heavy atom. The minimum Gasteiger partial charge on any atom is -0.480 e.